The van der Waals surface area contributed by atoms with Gasteiger partial charge in [-0.15, -0.1) is 0 Å². The lowest BCUT2D eigenvalue weighted by atomic mass is 10.1. The van der Waals surface area contributed by atoms with Crippen molar-refractivity contribution in [2.75, 3.05) is 0 Å². The third-order valence-corrected chi connectivity index (χ3v) is 2.38. The molecule has 0 fully saturated rings. The first kappa shape index (κ1) is 15.6. The van der Waals surface area contributed by atoms with E-state index in [4.69, 9.17) is 5.73 Å². The Morgan fingerprint density at radius 3 is 2.24 bits per heavy atom. The number of carbonyl (C=O) groups is 3. The van der Waals surface area contributed by atoms with Crippen LogP contribution in [0.1, 0.15) is 46.5 Å². The summed E-state index contributed by atoms with van der Waals surface area (Å²) in [6, 6.07) is -0.739. The number of nitrogens with one attached hydrogen (secondary N) is 1. The van der Waals surface area contributed by atoms with Gasteiger partial charge in [-0.2, -0.15) is 0 Å². The van der Waals surface area contributed by atoms with Crippen LogP contribution in [-0.4, -0.2) is 23.6 Å². The molecule has 0 aromatic heterocycles. The van der Waals surface area contributed by atoms with E-state index < -0.39 is 11.9 Å². The molecule has 0 saturated heterocycles. The van der Waals surface area contributed by atoms with Crippen LogP contribution in [0.5, 0.6) is 0 Å². The van der Waals surface area contributed by atoms with Crippen molar-refractivity contribution in [3.05, 3.63) is 0 Å². The summed E-state index contributed by atoms with van der Waals surface area (Å²) in [4.78, 5) is 33.7. The molecule has 3 N–H and O–H groups in total. The Bertz CT molecular complexity index is 287. The molecule has 5 heteroatoms. The zero-order chi connectivity index (χ0) is 13.4. The predicted octanol–water partition coefficient (Wildman–Crippen LogP) is 0.762. The van der Waals surface area contributed by atoms with E-state index in [9.17, 15) is 14.4 Å². The minimum Gasteiger partial charge on any atom is -0.368 e. The predicted molar refractivity (Wildman–Crippen MR) is 65.1 cm³/mol. The Morgan fingerprint density at radius 1 is 1.24 bits per heavy atom. The lowest BCUT2D eigenvalue weighted by Gasteiger charge is -2.15. The molecule has 5 nitrogen and oxygen atoms in total. The molecule has 17 heavy (non-hydrogen) atoms. The van der Waals surface area contributed by atoms with Crippen molar-refractivity contribution in [2.24, 2.45) is 11.7 Å². The average Bonchev–Trinajstić information content (AvgIpc) is 2.22. The second kappa shape index (κ2) is 7.81. The molecule has 0 aliphatic heterocycles. The maximum atomic E-state index is 11.5. The van der Waals surface area contributed by atoms with Crippen molar-refractivity contribution >= 4 is 17.6 Å². The van der Waals surface area contributed by atoms with Crippen LogP contribution in [0.4, 0.5) is 0 Å². The summed E-state index contributed by atoms with van der Waals surface area (Å²) in [5.41, 5.74) is 5.18. The highest BCUT2D eigenvalue weighted by Gasteiger charge is 2.19. The van der Waals surface area contributed by atoms with Gasteiger partial charge in [0, 0.05) is 19.3 Å². The Hall–Kier alpha value is -1.39. The fraction of sp³-hybridized carbons (Fsp3) is 0.750. The molecule has 0 aliphatic carbocycles. The normalized spacial score (nSPS) is 12.2. The minimum absolute atomic E-state index is 0.0642. The second-order valence-corrected chi connectivity index (χ2v) is 4.55. The highest BCUT2D eigenvalue weighted by molar-refractivity contribution is 5.87. The van der Waals surface area contributed by atoms with E-state index in [-0.39, 0.29) is 30.4 Å². The van der Waals surface area contributed by atoms with Crippen molar-refractivity contribution in [3.63, 3.8) is 0 Å². The van der Waals surface area contributed by atoms with Crippen molar-refractivity contribution < 1.29 is 14.4 Å². The number of amides is 2. The first-order valence-corrected chi connectivity index (χ1v) is 5.97. The van der Waals surface area contributed by atoms with E-state index in [1.54, 1.807) is 6.92 Å². The number of ketones is 1. The largest absolute Gasteiger partial charge is 0.368 e. The van der Waals surface area contributed by atoms with Gasteiger partial charge in [0.1, 0.15) is 11.8 Å². The molecule has 0 aromatic rings. The van der Waals surface area contributed by atoms with Gasteiger partial charge < -0.3 is 11.1 Å². The first-order valence-electron chi connectivity index (χ1n) is 5.97. The molecule has 0 aliphatic rings. The van der Waals surface area contributed by atoms with Gasteiger partial charge in [0.05, 0.1) is 0 Å². The highest BCUT2D eigenvalue weighted by atomic mass is 16.2. The van der Waals surface area contributed by atoms with Crippen molar-refractivity contribution in [2.45, 2.75) is 52.5 Å². The number of hydrogen-bond donors (Lipinski definition) is 2. The van der Waals surface area contributed by atoms with Gasteiger partial charge in [-0.1, -0.05) is 20.8 Å². The molecular formula is C12H22N2O3. The molecule has 0 spiro atoms. The van der Waals surface area contributed by atoms with Crippen LogP contribution in [0.15, 0.2) is 0 Å². The van der Waals surface area contributed by atoms with Crippen LogP contribution in [0.25, 0.3) is 0 Å². The van der Waals surface area contributed by atoms with Crippen molar-refractivity contribution in [1.82, 2.24) is 5.32 Å². The van der Waals surface area contributed by atoms with E-state index in [1.165, 1.54) is 0 Å². The number of rotatable bonds is 8. The summed E-state index contributed by atoms with van der Waals surface area (Å²) >= 11 is 0. The smallest absolute Gasteiger partial charge is 0.240 e. The Morgan fingerprint density at radius 2 is 1.82 bits per heavy atom. The highest BCUT2D eigenvalue weighted by Crippen LogP contribution is 2.03. The molecule has 0 aromatic carbocycles. The molecular weight excluding hydrogens is 220 g/mol. The van der Waals surface area contributed by atoms with Gasteiger partial charge in [-0.25, -0.2) is 0 Å². The Balaban J connectivity index is 4.20. The van der Waals surface area contributed by atoms with Gasteiger partial charge >= 0.3 is 0 Å². The number of hydrogen-bond acceptors (Lipinski definition) is 3. The van der Waals surface area contributed by atoms with Crippen molar-refractivity contribution in [1.29, 1.82) is 0 Å². The molecule has 98 valence electrons. The topological polar surface area (TPSA) is 89.3 Å². The summed E-state index contributed by atoms with van der Waals surface area (Å²) in [5, 5.41) is 2.56. The van der Waals surface area contributed by atoms with E-state index in [1.807, 2.05) is 13.8 Å². The number of Topliss-reactive ketones (excluding diaryl/α,β-unsaturated/α-hetero) is 1. The summed E-state index contributed by atoms with van der Waals surface area (Å²) in [7, 11) is 0. The van der Waals surface area contributed by atoms with Crippen LogP contribution < -0.4 is 11.1 Å². The summed E-state index contributed by atoms with van der Waals surface area (Å²) < 4.78 is 0. The van der Waals surface area contributed by atoms with Crippen LogP contribution in [0, 0.1) is 5.92 Å². The molecule has 1 atom stereocenters. The Labute approximate surface area is 102 Å². The Kier molecular flexibility index (Phi) is 7.18. The summed E-state index contributed by atoms with van der Waals surface area (Å²) in [6.07, 6.45) is 1.34. The van der Waals surface area contributed by atoms with Gasteiger partial charge in [0.15, 0.2) is 0 Å². The molecule has 0 heterocycles. The lowest BCUT2D eigenvalue weighted by Crippen LogP contribution is -2.44. The lowest BCUT2D eigenvalue weighted by molar-refractivity contribution is -0.128. The van der Waals surface area contributed by atoms with Crippen LogP contribution >= 0.6 is 0 Å². The van der Waals surface area contributed by atoms with Crippen LogP contribution in [-0.2, 0) is 14.4 Å². The zero-order valence-corrected chi connectivity index (χ0v) is 10.8. The fourth-order valence-corrected chi connectivity index (χ4v) is 1.39. The number of primary amides is 1. The number of carbonyl (C=O) groups excluding carboxylic acids is 3. The maximum absolute atomic E-state index is 11.5. The van der Waals surface area contributed by atoms with E-state index in [0.29, 0.717) is 12.8 Å². The first-order chi connectivity index (χ1) is 7.86. The van der Waals surface area contributed by atoms with Gasteiger partial charge in [-0.3, -0.25) is 14.4 Å². The van der Waals surface area contributed by atoms with Gasteiger partial charge in [0.2, 0.25) is 11.8 Å². The number of nitrogens with two attached hydrogens (primary N) is 1. The molecule has 0 rings (SSSR count). The quantitative estimate of drug-likeness (QED) is 0.658. The van der Waals surface area contributed by atoms with Crippen LogP contribution in [0.2, 0.25) is 0 Å². The van der Waals surface area contributed by atoms with Crippen LogP contribution in [0.3, 0.4) is 0 Å². The molecule has 0 unspecified atom stereocenters. The van der Waals surface area contributed by atoms with Crippen molar-refractivity contribution in [3.8, 4) is 0 Å². The maximum Gasteiger partial charge on any atom is 0.240 e. The second-order valence-electron chi connectivity index (χ2n) is 4.55. The molecule has 0 saturated carbocycles. The third-order valence-electron chi connectivity index (χ3n) is 2.38. The summed E-state index contributed by atoms with van der Waals surface area (Å²) in [6.45, 7) is 5.60. The monoisotopic (exact) mass is 242 g/mol. The van der Waals surface area contributed by atoms with Gasteiger partial charge in [-0.05, 0) is 12.3 Å². The zero-order valence-electron chi connectivity index (χ0n) is 10.8. The van der Waals surface area contributed by atoms with E-state index in [0.717, 1.165) is 0 Å². The summed E-state index contributed by atoms with van der Waals surface area (Å²) in [5.74, 6) is -0.506. The molecule has 0 radical (unpaired) electrons. The average molecular weight is 242 g/mol. The standard InChI is InChI=1S/C12H22N2O3/c1-4-9(15)5-6-10(12(13)17)14-11(16)7-8(2)3/h8,10H,4-7H2,1-3H3,(H2,13,17)(H,14,16)/t10-/m0/s1. The fourth-order valence-electron chi connectivity index (χ4n) is 1.39. The van der Waals surface area contributed by atoms with Gasteiger partial charge in [0.25, 0.3) is 0 Å². The van der Waals surface area contributed by atoms with E-state index in [2.05, 4.69) is 5.32 Å². The molecule has 2 amide bonds. The third kappa shape index (κ3) is 7.49. The van der Waals surface area contributed by atoms with E-state index >= 15 is 0 Å². The SMILES string of the molecule is CCC(=O)CC[C@H](NC(=O)CC(C)C)C(N)=O. The molecule has 0 bridgehead atoms. The minimum atomic E-state index is -0.739.